The molecule has 8 nitrogen and oxygen atoms in total. The Balaban J connectivity index is 1.60. The van der Waals surface area contributed by atoms with E-state index in [1.165, 1.54) is 29.5 Å². The van der Waals surface area contributed by atoms with Gasteiger partial charge in [0.05, 0.1) is 26.3 Å². The van der Waals surface area contributed by atoms with Crippen molar-refractivity contribution in [1.29, 1.82) is 0 Å². The zero-order chi connectivity index (χ0) is 17.8. The van der Waals surface area contributed by atoms with Crippen molar-refractivity contribution < 1.29 is 14.1 Å². The first-order chi connectivity index (χ1) is 12.0. The Morgan fingerprint density at radius 2 is 2.24 bits per heavy atom. The zero-order valence-corrected chi connectivity index (χ0v) is 14.7. The summed E-state index contributed by atoms with van der Waals surface area (Å²) in [5.41, 5.74) is 0.0103. The summed E-state index contributed by atoms with van der Waals surface area (Å²) >= 11 is 8.46. The van der Waals surface area contributed by atoms with Crippen LogP contribution in [0.15, 0.2) is 45.4 Å². The number of anilines is 1. The standard InChI is InChI=1S/C14H9ClN4O4S2/c15-9-4-3-8(19(21)22)6-10(9)16-12(20)7-25-14-18-17-13(23-14)11-2-1-5-24-11/h1-6H,7H2,(H,16,20). The SMILES string of the molecule is O=C(CSc1nnc(-c2cccs2)o1)Nc1cc([N+](=O)[O-])ccc1Cl. The molecule has 0 aliphatic heterocycles. The number of nitrogens with zero attached hydrogens (tertiary/aromatic N) is 3. The van der Waals surface area contributed by atoms with Crippen molar-refractivity contribution in [3.63, 3.8) is 0 Å². The van der Waals surface area contributed by atoms with E-state index in [0.29, 0.717) is 5.89 Å². The first-order valence-electron chi connectivity index (χ1n) is 6.77. The summed E-state index contributed by atoms with van der Waals surface area (Å²) in [6.07, 6.45) is 0. The lowest BCUT2D eigenvalue weighted by molar-refractivity contribution is -0.384. The van der Waals surface area contributed by atoms with Crippen molar-refractivity contribution in [2.45, 2.75) is 5.22 Å². The van der Waals surface area contributed by atoms with Gasteiger partial charge in [0.1, 0.15) is 0 Å². The number of thioether (sulfide) groups is 1. The van der Waals surface area contributed by atoms with Crippen LogP contribution in [0.25, 0.3) is 10.8 Å². The summed E-state index contributed by atoms with van der Waals surface area (Å²) in [4.78, 5) is 23.1. The van der Waals surface area contributed by atoms with Gasteiger partial charge in [-0.2, -0.15) is 0 Å². The molecule has 0 spiro atoms. The van der Waals surface area contributed by atoms with Crippen molar-refractivity contribution in [2.24, 2.45) is 0 Å². The number of hydrogen-bond acceptors (Lipinski definition) is 8. The Kier molecular flexibility index (Phi) is 5.31. The molecule has 128 valence electrons. The summed E-state index contributed by atoms with van der Waals surface area (Å²) in [6, 6.07) is 7.54. The van der Waals surface area contributed by atoms with Gasteiger partial charge in [-0.15, -0.1) is 21.5 Å². The molecule has 1 amide bonds. The van der Waals surface area contributed by atoms with E-state index in [1.807, 2.05) is 17.5 Å². The maximum absolute atomic E-state index is 12.0. The van der Waals surface area contributed by atoms with Crippen LogP contribution in [0.4, 0.5) is 11.4 Å². The topological polar surface area (TPSA) is 111 Å². The molecular weight excluding hydrogens is 388 g/mol. The van der Waals surface area contributed by atoms with E-state index in [1.54, 1.807) is 0 Å². The van der Waals surface area contributed by atoms with Crippen LogP contribution in [0.2, 0.25) is 5.02 Å². The number of non-ortho nitro benzene ring substituents is 1. The predicted molar refractivity (Wildman–Crippen MR) is 95.1 cm³/mol. The van der Waals surface area contributed by atoms with Gasteiger partial charge < -0.3 is 9.73 Å². The number of carbonyl (C=O) groups is 1. The van der Waals surface area contributed by atoms with Gasteiger partial charge in [0.2, 0.25) is 5.91 Å². The molecule has 25 heavy (non-hydrogen) atoms. The van der Waals surface area contributed by atoms with Crippen LogP contribution < -0.4 is 5.32 Å². The number of nitrogens with one attached hydrogen (secondary N) is 1. The predicted octanol–water partition coefficient (Wildman–Crippen LogP) is 4.09. The van der Waals surface area contributed by atoms with E-state index in [4.69, 9.17) is 16.0 Å². The van der Waals surface area contributed by atoms with E-state index in [0.717, 1.165) is 16.6 Å². The minimum Gasteiger partial charge on any atom is -0.410 e. The van der Waals surface area contributed by atoms with Crippen molar-refractivity contribution >= 4 is 52.0 Å². The number of halogens is 1. The highest BCUT2D eigenvalue weighted by atomic mass is 35.5. The summed E-state index contributed by atoms with van der Waals surface area (Å²) < 4.78 is 5.46. The third-order valence-corrected chi connectivity index (χ3v) is 4.91. The first-order valence-corrected chi connectivity index (χ1v) is 9.01. The number of thiophene rings is 1. The molecule has 11 heteroatoms. The molecule has 0 unspecified atom stereocenters. The van der Waals surface area contributed by atoms with Crippen molar-refractivity contribution in [3.05, 3.63) is 50.8 Å². The number of nitro groups is 1. The average molecular weight is 397 g/mol. The highest BCUT2D eigenvalue weighted by Gasteiger charge is 2.14. The van der Waals surface area contributed by atoms with Gasteiger partial charge in [-0.3, -0.25) is 14.9 Å². The van der Waals surface area contributed by atoms with Gasteiger partial charge in [-0.25, -0.2) is 0 Å². The maximum atomic E-state index is 12.0. The number of carbonyl (C=O) groups excluding carboxylic acids is 1. The lowest BCUT2D eigenvalue weighted by Gasteiger charge is -2.06. The van der Waals surface area contributed by atoms with E-state index in [-0.39, 0.29) is 27.4 Å². The lowest BCUT2D eigenvalue weighted by atomic mass is 10.3. The number of hydrogen-bond donors (Lipinski definition) is 1. The van der Waals surface area contributed by atoms with Crippen LogP contribution in [-0.4, -0.2) is 26.8 Å². The second-order valence-corrected chi connectivity index (χ2v) is 6.89. The normalized spacial score (nSPS) is 10.6. The van der Waals surface area contributed by atoms with Crippen LogP contribution in [0, 0.1) is 10.1 Å². The van der Waals surface area contributed by atoms with Gasteiger partial charge in [0, 0.05) is 12.1 Å². The summed E-state index contributed by atoms with van der Waals surface area (Å²) in [5.74, 6) is -0.0200. The molecule has 1 aromatic carbocycles. The molecular formula is C14H9ClN4O4S2. The minimum absolute atomic E-state index is 0.00883. The monoisotopic (exact) mass is 396 g/mol. The maximum Gasteiger partial charge on any atom is 0.277 e. The Hall–Kier alpha value is -2.43. The molecule has 0 fully saturated rings. The highest BCUT2D eigenvalue weighted by molar-refractivity contribution is 7.99. The molecule has 3 aromatic rings. The fourth-order valence-corrected chi connectivity index (χ4v) is 3.18. The van der Waals surface area contributed by atoms with Crippen LogP contribution in [-0.2, 0) is 4.79 Å². The molecule has 1 N–H and O–H groups in total. The second kappa shape index (κ2) is 7.64. The van der Waals surface area contributed by atoms with E-state index < -0.39 is 10.8 Å². The third-order valence-electron chi connectivity index (χ3n) is 2.90. The number of amides is 1. The van der Waals surface area contributed by atoms with Crippen molar-refractivity contribution in [2.75, 3.05) is 11.1 Å². The fraction of sp³-hybridized carbons (Fsp3) is 0.0714. The van der Waals surface area contributed by atoms with E-state index in [9.17, 15) is 14.9 Å². The molecule has 0 saturated carbocycles. The zero-order valence-electron chi connectivity index (χ0n) is 12.3. The van der Waals surface area contributed by atoms with Crippen LogP contribution in [0.5, 0.6) is 0 Å². The number of nitro benzene ring substituents is 1. The van der Waals surface area contributed by atoms with Gasteiger partial charge >= 0.3 is 0 Å². The minimum atomic E-state index is -0.564. The fourth-order valence-electron chi connectivity index (χ4n) is 1.80. The van der Waals surface area contributed by atoms with Crippen molar-refractivity contribution in [3.8, 4) is 10.8 Å². The molecule has 0 aliphatic rings. The lowest BCUT2D eigenvalue weighted by Crippen LogP contribution is -2.14. The molecule has 0 atom stereocenters. The van der Waals surface area contributed by atoms with E-state index in [2.05, 4.69) is 15.5 Å². The Labute approximate surface area is 154 Å². The number of rotatable bonds is 6. The first kappa shape index (κ1) is 17.4. The van der Waals surface area contributed by atoms with Gasteiger partial charge in [0.25, 0.3) is 16.8 Å². The van der Waals surface area contributed by atoms with Crippen LogP contribution in [0.3, 0.4) is 0 Å². The molecule has 3 rings (SSSR count). The molecule has 0 radical (unpaired) electrons. The third kappa shape index (κ3) is 4.35. The summed E-state index contributed by atoms with van der Waals surface area (Å²) in [7, 11) is 0. The quantitative estimate of drug-likeness (QED) is 0.379. The molecule has 0 bridgehead atoms. The van der Waals surface area contributed by atoms with Crippen LogP contribution >= 0.6 is 34.7 Å². The Bertz CT molecular complexity index is 913. The van der Waals surface area contributed by atoms with Crippen molar-refractivity contribution in [1.82, 2.24) is 10.2 Å². The largest absolute Gasteiger partial charge is 0.410 e. The van der Waals surface area contributed by atoms with Crippen LogP contribution in [0.1, 0.15) is 0 Å². The average Bonchev–Trinajstić information content (AvgIpc) is 3.26. The summed E-state index contributed by atoms with van der Waals surface area (Å²) in [5, 5.41) is 23.4. The molecule has 2 aromatic heterocycles. The Morgan fingerprint density at radius 3 is 2.96 bits per heavy atom. The molecule has 0 saturated heterocycles. The molecule has 2 heterocycles. The smallest absolute Gasteiger partial charge is 0.277 e. The summed E-state index contributed by atoms with van der Waals surface area (Å²) in [6.45, 7) is 0. The van der Waals surface area contributed by atoms with Gasteiger partial charge in [-0.05, 0) is 17.5 Å². The molecule has 0 aliphatic carbocycles. The van der Waals surface area contributed by atoms with E-state index >= 15 is 0 Å². The second-order valence-electron chi connectivity index (χ2n) is 4.61. The van der Waals surface area contributed by atoms with Gasteiger partial charge in [0.15, 0.2) is 0 Å². The number of aromatic nitrogens is 2. The van der Waals surface area contributed by atoms with Gasteiger partial charge in [-0.1, -0.05) is 29.4 Å². The Morgan fingerprint density at radius 1 is 1.40 bits per heavy atom. The highest BCUT2D eigenvalue weighted by Crippen LogP contribution is 2.28. The number of benzene rings is 1.